The maximum absolute atomic E-state index is 9.70. The Morgan fingerprint density at radius 3 is 2.75 bits per heavy atom. The fourth-order valence-electron chi connectivity index (χ4n) is 1.79. The smallest absolute Gasteiger partial charge is 0.104 e. The van der Waals surface area contributed by atoms with Gasteiger partial charge in [-0.25, -0.2) is 0 Å². The number of aromatic nitrogens is 1. The van der Waals surface area contributed by atoms with E-state index in [0.29, 0.717) is 5.56 Å². The van der Waals surface area contributed by atoms with Crippen molar-refractivity contribution in [3.63, 3.8) is 0 Å². The molecular formula is C13H15NO2. The van der Waals surface area contributed by atoms with E-state index in [1.807, 2.05) is 32.0 Å². The molecule has 0 aliphatic rings. The van der Waals surface area contributed by atoms with Crippen molar-refractivity contribution in [1.29, 1.82) is 0 Å². The second kappa shape index (κ2) is 4.20. The van der Waals surface area contributed by atoms with Crippen molar-refractivity contribution in [3.05, 3.63) is 41.1 Å². The van der Waals surface area contributed by atoms with E-state index < -0.39 is 6.10 Å². The number of fused-ring (bicyclic) bond motifs is 1. The third-order valence-electron chi connectivity index (χ3n) is 2.85. The van der Waals surface area contributed by atoms with Crippen LogP contribution in [0.3, 0.4) is 0 Å². The van der Waals surface area contributed by atoms with Gasteiger partial charge in [0.25, 0.3) is 0 Å². The molecule has 0 spiro atoms. The first-order valence-electron chi connectivity index (χ1n) is 5.29. The summed E-state index contributed by atoms with van der Waals surface area (Å²) < 4.78 is 0. The van der Waals surface area contributed by atoms with E-state index in [-0.39, 0.29) is 6.61 Å². The first kappa shape index (κ1) is 11.0. The number of para-hydroxylation sites is 1. The number of aliphatic hydroxyl groups excluding tert-OH is 2. The number of benzene rings is 1. The van der Waals surface area contributed by atoms with E-state index in [2.05, 4.69) is 4.98 Å². The zero-order chi connectivity index (χ0) is 11.7. The Morgan fingerprint density at radius 2 is 2.06 bits per heavy atom. The number of pyridine rings is 1. The Balaban J connectivity index is 2.72. The number of aliphatic hydroxyl groups is 2. The molecule has 0 aliphatic heterocycles. The molecule has 0 aliphatic carbocycles. The van der Waals surface area contributed by atoms with Gasteiger partial charge in [-0.3, -0.25) is 4.98 Å². The van der Waals surface area contributed by atoms with Crippen LogP contribution >= 0.6 is 0 Å². The number of rotatable bonds is 2. The topological polar surface area (TPSA) is 53.4 Å². The monoisotopic (exact) mass is 217 g/mol. The molecule has 0 radical (unpaired) electrons. The molecule has 2 rings (SSSR count). The number of nitrogens with zero attached hydrogens (tertiary/aromatic N) is 1. The van der Waals surface area contributed by atoms with Crippen molar-refractivity contribution < 1.29 is 10.2 Å². The Morgan fingerprint density at radius 1 is 1.31 bits per heavy atom. The molecule has 2 N–H and O–H groups in total. The summed E-state index contributed by atoms with van der Waals surface area (Å²) in [6.07, 6.45) is -0.863. The predicted octanol–water partition coefficient (Wildman–Crippen LogP) is 1.88. The highest BCUT2D eigenvalue weighted by Gasteiger charge is 2.11. The van der Waals surface area contributed by atoms with Crippen LogP contribution in [0.15, 0.2) is 24.3 Å². The van der Waals surface area contributed by atoms with Crippen LogP contribution in [0.5, 0.6) is 0 Å². The largest absolute Gasteiger partial charge is 0.393 e. The molecule has 1 heterocycles. The van der Waals surface area contributed by atoms with Gasteiger partial charge in [-0.15, -0.1) is 0 Å². The van der Waals surface area contributed by atoms with Crippen molar-refractivity contribution in [1.82, 2.24) is 4.98 Å². The molecule has 0 unspecified atom stereocenters. The number of aryl methyl sites for hydroxylation is 2. The van der Waals surface area contributed by atoms with Gasteiger partial charge in [-0.1, -0.05) is 18.2 Å². The quantitative estimate of drug-likeness (QED) is 0.807. The summed E-state index contributed by atoms with van der Waals surface area (Å²) in [4.78, 5) is 4.47. The summed E-state index contributed by atoms with van der Waals surface area (Å²) in [5, 5.41) is 19.7. The van der Waals surface area contributed by atoms with Gasteiger partial charge < -0.3 is 10.2 Å². The molecule has 1 atom stereocenters. The van der Waals surface area contributed by atoms with Gasteiger partial charge in [0.15, 0.2) is 0 Å². The van der Waals surface area contributed by atoms with Crippen LogP contribution in [-0.4, -0.2) is 21.8 Å². The second-order valence-corrected chi connectivity index (χ2v) is 4.01. The Hall–Kier alpha value is -1.45. The number of hydrogen-bond donors (Lipinski definition) is 2. The Bertz CT molecular complexity index is 523. The maximum Gasteiger partial charge on any atom is 0.104 e. The standard InChI is InChI=1S/C13H15NO2/c1-8-6-10-4-3-5-11(12(16)7-15)13(10)14-9(8)2/h3-6,12,15-16H,7H2,1-2H3/t12-/m1/s1. The lowest BCUT2D eigenvalue weighted by atomic mass is 10.0. The van der Waals surface area contributed by atoms with Gasteiger partial charge in [-0.2, -0.15) is 0 Å². The third-order valence-corrected chi connectivity index (χ3v) is 2.85. The average Bonchev–Trinajstić information content (AvgIpc) is 2.29. The van der Waals surface area contributed by atoms with Gasteiger partial charge >= 0.3 is 0 Å². The van der Waals surface area contributed by atoms with Crippen LogP contribution in [0.2, 0.25) is 0 Å². The van der Waals surface area contributed by atoms with E-state index in [9.17, 15) is 5.11 Å². The molecule has 3 nitrogen and oxygen atoms in total. The minimum Gasteiger partial charge on any atom is -0.393 e. The van der Waals surface area contributed by atoms with Crippen LogP contribution in [0.4, 0.5) is 0 Å². The molecule has 0 amide bonds. The third kappa shape index (κ3) is 1.79. The maximum atomic E-state index is 9.70. The Kier molecular flexibility index (Phi) is 2.90. The van der Waals surface area contributed by atoms with Gasteiger partial charge in [-0.05, 0) is 25.5 Å². The van der Waals surface area contributed by atoms with Crippen molar-refractivity contribution >= 4 is 10.9 Å². The van der Waals surface area contributed by atoms with E-state index in [1.165, 1.54) is 0 Å². The number of hydrogen-bond acceptors (Lipinski definition) is 3. The van der Waals surface area contributed by atoms with Gasteiger partial charge in [0.2, 0.25) is 0 Å². The Labute approximate surface area is 94.4 Å². The molecule has 84 valence electrons. The van der Waals surface area contributed by atoms with Gasteiger partial charge in [0, 0.05) is 16.6 Å². The van der Waals surface area contributed by atoms with E-state index in [1.54, 1.807) is 6.07 Å². The normalized spacial score (nSPS) is 13.0. The van der Waals surface area contributed by atoms with Gasteiger partial charge in [0.05, 0.1) is 12.1 Å². The van der Waals surface area contributed by atoms with Crippen molar-refractivity contribution in [2.75, 3.05) is 6.61 Å². The summed E-state index contributed by atoms with van der Waals surface area (Å²) in [6.45, 7) is 3.67. The molecule has 1 aromatic carbocycles. The lowest BCUT2D eigenvalue weighted by Crippen LogP contribution is -2.04. The summed E-state index contributed by atoms with van der Waals surface area (Å²) >= 11 is 0. The van der Waals surface area contributed by atoms with Crippen molar-refractivity contribution in [2.45, 2.75) is 20.0 Å². The zero-order valence-corrected chi connectivity index (χ0v) is 9.44. The zero-order valence-electron chi connectivity index (χ0n) is 9.44. The molecule has 0 fully saturated rings. The van der Waals surface area contributed by atoms with Crippen molar-refractivity contribution in [2.24, 2.45) is 0 Å². The first-order valence-corrected chi connectivity index (χ1v) is 5.29. The lowest BCUT2D eigenvalue weighted by Gasteiger charge is -2.11. The van der Waals surface area contributed by atoms with Crippen molar-refractivity contribution in [3.8, 4) is 0 Å². The summed E-state index contributed by atoms with van der Waals surface area (Å²) in [5.41, 5.74) is 3.53. The van der Waals surface area contributed by atoms with Crippen LogP contribution in [0.1, 0.15) is 22.9 Å². The molecule has 0 bridgehead atoms. The average molecular weight is 217 g/mol. The molecule has 16 heavy (non-hydrogen) atoms. The molecule has 0 saturated carbocycles. The SMILES string of the molecule is Cc1cc2cccc([C@H](O)CO)c2nc1C. The van der Waals surface area contributed by atoms with Crippen LogP contribution in [0.25, 0.3) is 10.9 Å². The molecular weight excluding hydrogens is 202 g/mol. The fourth-order valence-corrected chi connectivity index (χ4v) is 1.79. The minimum atomic E-state index is -0.863. The van der Waals surface area contributed by atoms with E-state index in [0.717, 1.165) is 22.2 Å². The second-order valence-electron chi connectivity index (χ2n) is 4.01. The summed E-state index contributed by atoms with van der Waals surface area (Å²) in [6, 6.07) is 7.67. The summed E-state index contributed by atoms with van der Waals surface area (Å²) in [5.74, 6) is 0. The molecule has 2 aromatic rings. The molecule has 3 heteroatoms. The van der Waals surface area contributed by atoms with Gasteiger partial charge in [0.1, 0.15) is 6.10 Å². The van der Waals surface area contributed by atoms with E-state index >= 15 is 0 Å². The molecule has 1 aromatic heterocycles. The lowest BCUT2D eigenvalue weighted by molar-refractivity contribution is 0.0966. The van der Waals surface area contributed by atoms with Crippen LogP contribution in [-0.2, 0) is 0 Å². The highest BCUT2D eigenvalue weighted by molar-refractivity contribution is 5.83. The van der Waals surface area contributed by atoms with Crippen LogP contribution < -0.4 is 0 Å². The highest BCUT2D eigenvalue weighted by atomic mass is 16.3. The molecule has 0 saturated heterocycles. The van der Waals surface area contributed by atoms with Crippen LogP contribution in [0, 0.1) is 13.8 Å². The highest BCUT2D eigenvalue weighted by Crippen LogP contribution is 2.24. The first-order chi connectivity index (χ1) is 7.63. The van der Waals surface area contributed by atoms with E-state index in [4.69, 9.17) is 5.11 Å². The predicted molar refractivity (Wildman–Crippen MR) is 63.3 cm³/mol. The summed E-state index contributed by atoms with van der Waals surface area (Å²) in [7, 11) is 0. The minimum absolute atomic E-state index is 0.284. The fraction of sp³-hybridized carbons (Fsp3) is 0.308.